The molecule has 0 unspecified atom stereocenters. The minimum Gasteiger partial charge on any atom is -0.493 e. The predicted molar refractivity (Wildman–Crippen MR) is 140 cm³/mol. The molecular formula is C27H19Cl2N5O2. The van der Waals surface area contributed by atoms with E-state index < -0.39 is 0 Å². The van der Waals surface area contributed by atoms with E-state index in [1.54, 1.807) is 42.5 Å². The van der Waals surface area contributed by atoms with Crippen LogP contribution in [-0.2, 0) is 6.61 Å². The second-order valence-electron chi connectivity index (χ2n) is 7.57. The number of halogens is 2. The number of methoxy groups -OCH3 is 1. The molecule has 0 saturated carbocycles. The molecule has 0 saturated heterocycles. The van der Waals surface area contributed by atoms with Crippen LogP contribution in [0.4, 0.5) is 5.82 Å². The quantitative estimate of drug-likeness (QED) is 0.289. The molecule has 0 bridgehead atoms. The lowest BCUT2D eigenvalue weighted by atomic mass is 10.1. The van der Waals surface area contributed by atoms with Crippen LogP contribution in [0.15, 0.2) is 66.7 Å². The first-order valence-corrected chi connectivity index (χ1v) is 11.4. The zero-order valence-corrected chi connectivity index (χ0v) is 20.6. The van der Waals surface area contributed by atoms with E-state index in [2.05, 4.69) is 17.2 Å². The summed E-state index contributed by atoms with van der Waals surface area (Å²) >= 11 is 12.2. The number of rotatable bonds is 7. The fourth-order valence-electron chi connectivity index (χ4n) is 3.50. The number of para-hydroxylation sites is 1. The van der Waals surface area contributed by atoms with Crippen molar-refractivity contribution in [2.45, 2.75) is 6.61 Å². The maximum absolute atomic E-state index is 9.87. The van der Waals surface area contributed by atoms with Gasteiger partial charge in [-0.25, -0.2) is 4.68 Å². The van der Waals surface area contributed by atoms with Crippen molar-refractivity contribution in [2.75, 3.05) is 12.8 Å². The molecule has 0 fully saturated rings. The Bertz CT molecular complexity index is 1530. The van der Waals surface area contributed by atoms with Gasteiger partial charge in [-0.05, 0) is 48.0 Å². The highest BCUT2D eigenvalue weighted by Gasteiger charge is 2.20. The van der Waals surface area contributed by atoms with E-state index in [1.165, 1.54) is 11.8 Å². The molecule has 2 N–H and O–H groups in total. The molecule has 0 aliphatic carbocycles. The Kier molecular flexibility index (Phi) is 7.46. The smallest absolute Gasteiger partial charge is 0.161 e. The normalized spacial score (nSPS) is 11.0. The van der Waals surface area contributed by atoms with Gasteiger partial charge in [0.25, 0.3) is 0 Å². The van der Waals surface area contributed by atoms with E-state index in [0.29, 0.717) is 32.8 Å². The van der Waals surface area contributed by atoms with Gasteiger partial charge in [-0.2, -0.15) is 15.6 Å². The number of ether oxygens (including phenoxy) is 2. The Hall–Kier alpha value is -4.43. The minimum atomic E-state index is 0.124. The predicted octanol–water partition coefficient (Wildman–Crippen LogP) is 6.28. The molecule has 4 rings (SSSR count). The fraction of sp³-hybridized carbons (Fsp3) is 0.0741. The highest BCUT2D eigenvalue weighted by atomic mass is 35.5. The summed E-state index contributed by atoms with van der Waals surface area (Å²) in [7, 11) is 1.52. The lowest BCUT2D eigenvalue weighted by Crippen LogP contribution is -2.02. The van der Waals surface area contributed by atoms with E-state index in [9.17, 15) is 10.5 Å². The molecule has 36 heavy (non-hydrogen) atoms. The molecule has 7 nitrogen and oxygen atoms in total. The molecule has 0 radical (unpaired) electrons. The van der Waals surface area contributed by atoms with Gasteiger partial charge in [0.15, 0.2) is 11.5 Å². The molecule has 1 aromatic heterocycles. The van der Waals surface area contributed by atoms with Crippen molar-refractivity contribution >= 4 is 40.7 Å². The van der Waals surface area contributed by atoms with Crippen molar-refractivity contribution in [3.05, 3.63) is 99.2 Å². The van der Waals surface area contributed by atoms with E-state index in [1.807, 2.05) is 30.3 Å². The van der Waals surface area contributed by atoms with Crippen LogP contribution < -0.4 is 15.2 Å². The molecule has 0 amide bonds. The number of nitrogens with two attached hydrogens (primary N) is 1. The first-order chi connectivity index (χ1) is 17.4. The number of aromatic nitrogens is 2. The number of nitrogens with zero attached hydrogens (tertiary/aromatic N) is 4. The van der Waals surface area contributed by atoms with Crippen molar-refractivity contribution in [1.82, 2.24) is 9.78 Å². The van der Waals surface area contributed by atoms with Crippen molar-refractivity contribution in [2.24, 2.45) is 0 Å². The monoisotopic (exact) mass is 515 g/mol. The summed E-state index contributed by atoms with van der Waals surface area (Å²) in [5, 5.41) is 25.1. The number of hydrogen-bond donors (Lipinski definition) is 1. The molecular weight excluding hydrogens is 497 g/mol. The summed E-state index contributed by atoms with van der Waals surface area (Å²) in [4.78, 5) is 0. The minimum absolute atomic E-state index is 0.124. The molecule has 178 valence electrons. The fourth-order valence-corrected chi connectivity index (χ4v) is 3.97. The number of nitrogen functional groups attached to an aromatic ring is 1. The van der Waals surface area contributed by atoms with Gasteiger partial charge in [-0.15, -0.1) is 0 Å². The molecule has 4 aromatic rings. The van der Waals surface area contributed by atoms with Gasteiger partial charge in [0.2, 0.25) is 0 Å². The van der Waals surface area contributed by atoms with E-state index in [0.717, 1.165) is 5.56 Å². The van der Waals surface area contributed by atoms with Crippen LogP contribution in [0.2, 0.25) is 10.0 Å². The zero-order valence-electron chi connectivity index (χ0n) is 19.1. The maximum Gasteiger partial charge on any atom is 0.161 e. The highest BCUT2D eigenvalue weighted by molar-refractivity contribution is 6.35. The topological polar surface area (TPSA) is 110 Å². The first kappa shape index (κ1) is 24.7. The molecule has 0 aliphatic rings. The molecule has 0 spiro atoms. The largest absolute Gasteiger partial charge is 0.493 e. The third kappa shape index (κ3) is 5.13. The second kappa shape index (κ2) is 10.9. The summed E-state index contributed by atoms with van der Waals surface area (Å²) in [6.07, 6.45) is 1.61. The SMILES string of the molecule is COc1cc(C=C(C#N)c2nn(-c3ccccc3)c(N)c2C#N)ccc1OCc1ccc(Cl)cc1Cl. The molecule has 3 aromatic carbocycles. The number of anilines is 1. The first-order valence-electron chi connectivity index (χ1n) is 10.7. The van der Waals surface area contributed by atoms with Crippen molar-refractivity contribution in [3.63, 3.8) is 0 Å². The summed E-state index contributed by atoms with van der Waals surface area (Å²) in [5.41, 5.74) is 8.78. The Morgan fingerprint density at radius 2 is 1.83 bits per heavy atom. The van der Waals surface area contributed by atoms with Crippen molar-refractivity contribution in [1.29, 1.82) is 10.5 Å². The number of allylic oxidation sites excluding steroid dienone is 1. The third-order valence-corrected chi connectivity index (χ3v) is 5.89. The zero-order chi connectivity index (χ0) is 25.7. The Morgan fingerprint density at radius 1 is 1.06 bits per heavy atom. The van der Waals surface area contributed by atoms with Crippen molar-refractivity contribution in [3.8, 4) is 29.3 Å². The Balaban J connectivity index is 1.65. The number of benzene rings is 3. The van der Waals surface area contributed by atoms with Crippen LogP contribution in [0, 0.1) is 22.7 Å². The van der Waals surface area contributed by atoms with Gasteiger partial charge in [-0.3, -0.25) is 0 Å². The molecule has 0 aliphatic heterocycles. The van der Waals surface area contributed by atoms with Crippen LogP contribution in [0.5, 0.6) is 11.5 Å². The van der Waals surface area contributed by atoms with Gasteiger partial charge in [0.1, 0.15) is 35.8 Å². The van der Waals surface area contributed by atoms with Gasteiger partial charge in [0.05, 0.1) is 18.4 Å². The van der Waals surface area contributed by atoms with Crippen LogP contribution in [0.3, 0.4) is 0 Å². The Morgan fingerprint density at radius 3 is 2.50 bits per heavy atom. The molecule has 0 atom stereocenters. The summed E-state index contributed by atoms with van der Waals surface area (Å²) in [6.45, 7) is 0.215. The standard InChI is InChI=1S/C27H19Cl2N5O2/c1-35-25-12-17(7-10-24(25)36-16-18-8-9-20(28)13-23(18)29)11-19(14-30)26-22(15-31)27(32)34(33-26)21-5-3-2-4-6-21/h2-13H,16,32H2,1H3. The number of hydrogen-bond acceptors (Lipinski definition) is 6. The average molecular weight is 516 g/mol. The van der Waals surface area contributed by atoms with E-state index in [-0.39, 0.29) is 29.3 Å². The average Bonchev–Trinajstić information content (AvgIpc) is 3.23. The summed E-state index contributed by atoms with van der Waals surface area (Å²) in [5.74, 6) is 1.11. The van der Waals surface area contributed by atoms with E-state index in [4.69, 9.17) is 38.4 Å². The lowest BCUT2D eigenvalue weighted by Gasteiger charge is -2.12. The van der Waals surface area contributed by atoms with Gasteiger partial charge in [-0.1, -0.05) is 53.5 Å². The summed E-state index contributed by atoms with van der Waals surface area (Å²) < 4.78 is 12.8. The number of nitriles is 2. The highest BCUT2D eigenvalue weighted by Crippen LogP contribution is 2.32. The third-order valence-electron chi connectivity index (χ3n) is 5.31. The van der Waals surface area contributed by atoms with Crippen LogP contribution in [0.25, 0.3) is 17.3 Å². The van der Waals surface area contributed by atoms with E-state index >= 15 is 0 Å². The molecule has 9 heteroatoms. The van der Waals surface area contributed by atoms with Crippen molar-refractivity contribution < 1.29 is 9.47 Å². The maximum atomic E-state index is 9.87. The van der Waals surface area contributed by atoms with Crippen LogP contribution >= 0.6 is 23.2 Å². The van der Waals surface area contributed by atoms with Gasteiger partial charge >= 0.3 is 0 Å². The van der Waals surface area contributed by atoms with Crippen LogP contribution in [-0.4, -0.2) is 16.9 Å². The summed E-state index contributed by atoms with van der Waals surface area (Å²) in [6, 6.07) is 23.7. The van der Waals surface area contributed by atoms with Gasteiger partial charge < -0.3 is 15.2 Å². The second-order valence-corrected chi connectivity index (χ2v) is 8.42. The van der Waals surface area contributed by atoms with Gasteiger partial charge in [0, 0.05) is 15.6 Å². The lowest BCUT2D eigenvalue weighted by molar-refractivity contribution is 0.284. The van der Waals surface area contributed by atoms with Crippen LogP contribution in [0.1, 0.15) is 22.4 Å². The Labute approximate surface area is 218 Å². The molecule has 1 heterocycles.